The number of hydrogen-bond acceptors (Lipinski definition) is 3. The zero-order valence-electron chi connectivity index (χ0n) is 11.9. The van der Waals surface area contributed by atoms with Gasteiger partial charge in [0.05, 0.1) is 11.1 Å². The fourth-order valence-corrected chi connectivity index (χ4v) is 2.06. The molecular weight excluding hydrogens is 256 g/mol. The Hall–Kier alpha value is -2.30. The van der Waals surface area contributed by atoms with Crippen LogP contribution in [0.4, 0.5) is 11.4 Å². The van der Waals surface area contributed by atoms with E-state index in [0.29, 0.717) is 23.7 Å². The number of hydrogen-bond donors (Lipinski definition) is 1. The van der Waals surface area contributed by atoms with Crippen LogP contribution in [-0.4, -0.2) is 25.5 Å². The van der Waals surface area contributed by atoms with Gasteiger partial charge in [-0.15, -0.1) is 0 Å². The maximum atomic E-state index is 12.4. The lowest BCUT2D eigenvalue weighted by atomic mass is 9.93. The summed E-state index contributed by atoms with van der Waals surface area (Å²) in [6.07, 6.45) is 1.19. The van der Waals surface area contributed by atoms with Crippen LogP contribution in [0, 0.1) is 5.41 Å². The molecule has 5 nitrogen and oxygen atoms in total. The van der Waals surface area contributed by atoms with Gasteiger partial charge >= 0.3 is 0 Å². The lowest BCUT2D eigenvalue weighted by molar-refractivity contribution is -0.127. The summed E-state index contributed by atoms with van der Waals surface area (Å²) in [4.78, 5) is 25.2. The third-order valence-electron chi connectivity index (χ3n) is 3.25. The van der Waals surface area contributed by atoms with Crippen LogP contribution < -0.4 is 15.0 Å². The molecule has 20 heavy (non-hydrogen) atoms. The Labute approximate surface area is 118 Å². The molecule has 1 aromatic rings. The second kappa shape index (κ2) is 5.00. The Bertz CT molecular complexity index is 578. The van der Waals surface area contributed by atoms with Gasteiger partial charge in [0.25, 0.3) is 0 Å². The maximum absolute atomic E-state index is 12.4. The Morgan fingerprint density at radius 3 is 2.85 bits per heavy atom. The number of rotatable bonds is 2. The van der Waals surface area contributed by atoms with Crippen LogP contribution in [0.2, 0.25) is 0 Å². The quantitative estimate of drug-likeness (QED) is 0.841. The number of benzene rings is 1. The molecule has 0 aliphatic carbocycles. The van der Waals surface area contributed by atoms with Gasteiger partial charge in [-0.3, -0.25) is 9.59 Å². The molecule has 0 saturated heterocycles. The van der Waals surface area contributed by atoms with Crippen molar-refractivity contribution in [3.05, 3.63) is 30.9 Å². The summed E-state index contributed by atoms with van der Waals surface area (Å²) in [6, 6.07) is 5.20. The SMILES string of the molecule is C=CC(=O)Nc1ccc2c(c1)N(C)C(=O)C(C)(C)CO2. The van der Waals surface area contributed by atoms with E-state index < -0.39 is 5.41 Å². The summed E-state index contributed by atoms with van der Waals surface area (Å²) >= 11 is 0. The third kappa shape index (κ3) is 2.52. The molecule has 1 aliphatic heterocycles. The number of anilines is 2. The van der Waals surface area contributed by atoms with Gasteiger partial charge in [0, 0.05) is 12.7 Å². The van der Waals surface area contributed by atoms with E-state index in [-0.39, 0.29) is 11.8 Å². The van der Waals surface area contributed by atoms with E-state index in [1.165, 1.54) is 6.08 Å². The molecule has 2 rings (SSSR count). The highest BCUT2D eigenvalue weighted by Crippen LogP contribution is 2.37. The molecule has 0 atom stereocenters. The van der Waals surface area contributed by atoms with E-state index >= 15 is 0 Å². The van der Waals surface area contributed by atoms with Crippen molar-refractivity contribution in [2.45, 2.75) is 13.8 Å². The topological polar surface area (TPSA) is 58.6 Å². The lowest BCUT2D eigenvalue weighted by Gasteiger charge is -2.24. The van der Waals surface area contributed by atoms with Gasteiger partial charge < -0.3 is 15.0 Å². The van der Waals surface area contributed by atoms with E-state index in [1.807, 2.05) is 13.8 Å². The van der Waals surface area contributed by atoms with Crippen LogP contribution in [0.25, 0.3) is 0 Å². The van der Waals surface area contributed by atoms with Gasteiger partial charge in [-0.05, 0) is 38.1 Å². The molecule has 0 bridgehead atoms. The zero-order valence-corrected chi connectivity index (χ0v) is 11.9. The highest BCUT2D eigenvalue weighted by molar-refractivity contribution is 6.02. The predicted molar refractivity (Wildman–Crippen MR) is 78.0 cm³/mol. The normalized spacial score (nSPS) is 16.8. The van der Waals surface area contributed by atoms with Gasteiger partial charge in [-0.1, -0.05) is 6.58 Å². The van der Waals surface area contributed by atoms with E-state index in [1.54, 1.807) is 30.1 Å². The molecule has 1 heterocycles. The first-order valence-electron chi connectivity index (χ1n) is 6.33. The zero-order chi connectivity index (χ0) is 14.9. The largest absolute Gasteiger partial charge is 0.490 e. The minimum absolute atomic E-state index is 0.0246. The smallest absolute Gasteiger partial charge is 0.247 e. The van der Waals surface area contributed by atoms with Crippen molar-refractivity contribution in [2.24, 2.45) is 5.41 Å². The lowest BCUT2D eigenvalue weighted by Crippen LogP contribution is -2.39. The highest BCUT2D eigenvalue weighted by Gasteiger charge is 2.36. The number of carbonyl (C=O) groups is 2. The van der Waals surface area contributed by atoms with E-state index in [9.17, 15) is 9.59 Å². The standard InChI is InChI=1S/C15H18N2O3/c1-5-13(18)16-10-6-7-12-11(8-10)17(4)14(19)15(2,3)9-20-12/h5-8H,1,9H2,2-4H3,(H,16,18). The number of ether oxygens (including phenoxy) is 1. The highest BCUT2D eigenvalue weighted by atomic mass is 16.5. The molecule has 106 valence electrons. The second-order valence-corrected chi connectivity index (χ2v) is 5.41. The monoisotopic (exact) mass is 274 g/mol. The molecule has 0 spiro atoms. The van der Waals surface area contributed by atoms with Gasteiger partial charge in [-0.2, -0.15) is 0 Å². The molecule has 1 aliphatic rings. The molecule has 0 fully saturated rings. The Morgan fingerprint density at radius 1 is 1.50 bits per heavy atom. The predicted octanol–water partition coefficient (Wildman–Crippen LogP) is 2.19. The fraction of sp³-hybridized carbons (Fsp3) is 0.333. The first-order chi connectivity index (χ1) is 9.35. The van der Waals surface area contributed by atoms with Crippen LogP contribution in [0.3, 0.4) is 0 Å². The number of nitrogens with one attached hydrogen (secondary N) is 1. The number of amides is 2. The Morgan fingerprint density at radius 2 is 2.20 bits per heavy atom. The number of carbonyl (C=O) groups excluding carboxylic acids is 2. The summed E-state index contributed by atoms with van der Waals surface area (Å²) < 4.78 is 5.70. The summed E-state index contributed by atoms with van der Waals surface area (Å²) in [5.41, 5.74) is 0.650. The minimum Gasteiger partial charge on any atom is -0.490 e. The van der Waals surface area contributed by atoms with Crippen molar-refractivity contribution in [1.82, 2.24) is 0 Å². The summed E-state index contributed by atoms with van der Waals surface area (Å²) in [7, 11) is 1.71. The van der Waals surface area contributed by atoms with Crippen molar-refractivity contribution in [3.8, 4) is 5.75 Å². The van der Waals surface area contributed by atoms with Crippen LogP contribution in [0.15, 0.2) is 30.9 Å². The van der Waals surface area contributed by atoms with E-state index in [4.69, 9.17) is 4.74 Å². The van der Waals surface area contributed by atoms with Crippen molar-refractivity contribution < 1.29 is 14.3 Å². The average molecular weight is 274 g/mol. The molecule has 0 saturated carbocycles. The molecule has 0 radical (unpaired) electrons. The molecule has 0 aromatic heterocycles. The second-order valence-electron chi connectivity index (χ2n) is 5.41. The van der Waals surface area contributed by atoms with Crippen LogP contribution in [0.1, 0.15) is 13.8 Å². The molecule has 5 heteroatoms. The van der Waals surface area contributed by atoms with E-state index in [0.717, 1.165) is 0 Å². The molecule has 1 N–H and O–H groups in total. The summed E-state index contributed by atoms with van der Waals surface area (Å²) in [6.45, 7) is 7.42. The molecule has 2 amide bonds. The van der Waals surface area contributed by atoms with Crippen molar-refractivity contribution in [2.75, 3.05) is 23.9 Å². The van der Waals surface area contributed by atoms with Gasteiger partial charge in [0.2, 0.25) is 11.8 Å². The van der Waals surface area contributed by atoms with Gasteiger partial charge in [0.15, 0.2) is 0 Å². The molecule has 0 unspecified atom stereocenters. The first-order valence-corrected chi connectivity index (χ1v) is 6.33. The maximum Gasteiger partial charge on any atom is 0.247 e. The van der Waals surface area contributed by atoms with Crippen LogP contribution in [0.5, 0.6) is 5.75 Å². The van der Waals surface area contributed by atoms with Crippen molar-refractivity contribution in [3.63, 3.8) is 0 Å². The number of fused-ring (bicyclic) bond motifs is 1. The van der Waals surface area contributed by atoms with Crippen molar-refractivity contribution >= 4 is 23.2 Å². The summed E-state index contributed by atoms with van der Waals surface area (Å²) in [5, 5.41) is 2.67. The number of nitrogens with zero attached hydrogens (tertiary/aromatic N) is 1. The van der Waals surface area contributed by atoms with Crippen LogP contribution >= 0.6 is 0 Å². The molecule has 1 aromatic carbocycles. The fourth-order valence-electron chi connectivity index (χ4n) is 2.06. The molecular formula is C15H18N2O3. The summed E-state index contributed by atoms with van der Waals surface area (Å²) in [5.74, 6) is 0.306. The minimum atomic E-state index is -0.585. The first kappa shape index (κ1) is 14.1. The van der Waals surface area contributed by atoms with Crippen LogP contribution in [-0.2, 0) is 9.59 Å². The average Bonchev–Trinajstić information content (AvgIpc) is 2.50. The van der Waals surface area contributed by atoms with Gasteiger partial charge in [0.1, 0.15) is 12.4 Å². The van der Waals surface area contributed by atoms with Gasteiger partial charge in [-0.25, -0.2) is 0 Å². The third-order valence-corrected chi connectivity index (χ3v) is 3.25. The Balaban J connectivity index is 2.39. The van der Waals surface area contributed by atoms with Crippen molar-refractivity contribution in [1.29, 1.82) is 0 Å². The van der Waals surface area contributed by atoms with E-state index in [2.05, 4.69) is 11.9 Å². The Kier molecular flexibility index (Phi) is 3.53.